The zero-order valence-corrected chi connectivity index (χ0v) is 27.1. The number of benzene rings is 3. The Bertz CT molecular complexity index is 1960. The van der Waals surface area contributed by atoms with E-state index in [4.69, 9.17) is 4.74 Å². The molecule has 2 aliphatic rings. The van der Waals surface area contributed by atoms with Crippen molar-refractivity contribution < 1.29 is 41.0 Å². The normalized spacial score (nSPS) is 16.9. The van der Waals surface area contributed by atoms with Gasteiger partial charge in [0.15, 0.2) is 11.6 Å². The molecule has 1 atom stereocenters. The number of sulfonamides is 1. The van der Waals surface area contributed by atoms with Crippen LogP contribution in [0.25, 0.3) is 0 Å². The molecule has 1 aliphatic carbocycles. The fourth-order valence-electron chi connectivity index (χ4n) is 6.13. The van der Waals surface area contributed by atoms with Crippen molar-refractivity contribution in [3.05, 3.63) is 113 Å². The molecule has 1 aromatic heterocycles. The predicted molar refractivity (Wildman–Crippen MR) is 172 cm³/mol. The maximum absolute atomic E-state index is 14.6. The number of ether oxygens (including phenoxy) is 1. The fraction of sp³-hybridized carbons (Fsp3) is 0.314. The Hall–Kier alpha value is -4.82. The molecule has 2 fully saturated rings. The summed E-state index contributed by atoms with van der Waals surface area (Å²) in [7, 11) is -4.76. The summed E-state index contributed by atoms with van der Waals surface area (Å²) < 4.78 is 75.7. The van der Waals surface area contributed by atoms with Gasteiger partial charge in [0.25, 0.3) is 0 Å². The number of anilines is 1. The minimum absolute atomic E-state index is 0.0288. The van der Waals surface area contributed by atoms with Gasteiger partial charge in [-0.3, -0.25) is 14.8 Å². The molecule has 1 amide bonds. The van der Waals surface area contributed by atoms with E-state index in [-0.39, 0.29) is 61.2 Å². The molecule has 2 heterocycles. The number of nitrogens with zero attached hydrogens (tertiary/aromatic N) is 4. The van der Waals surface area contributed by atoms with Gasteiger partial charge in [-0.25, -0.2) is 26.4 Å². The topological polar surface area (TPSA) is 130 Å². The van der Waals surface area contributed by atoms with Crippen LogP contribution in [-0.4, -0.2) is 52.3 Å². The van der Waals surface area contributed by atoms with Crippen molar-refractivity contribution in [1.29, 1.82) is 0 Å². The minimum atomic E-state index is -4.76. The van der Waals surface area contributed by atoms with E-state index >= 15 is 0 Å². The summed E-state index contributed by atoms with van der Waals surface area (Å²) in [6.07, 6.45) is 8.66. The molecule has 3 aromatic carbocycles. The highest BCUT2D eigenvalue weighted by Crippen LogP contribution is 2.35. The number of rotatable bonds is 11. The Labute approximate surface area is 281 Å². The summed E-state index contributed by atoms with van der Waals surface area (Å²) in [5, 5.41) is 9.86. The van der Waals surface area contributed by atoms with Crippen molar-refractivity contribution >= 4 is 27.6 Å². The van der Waals surface area contributed by atoms with E-state index in [0.29, 0.717) is 5.69 Å². The molecular weight excluding hydrogens is 661 g/mol. The van der Waals surface area contributed by atoms with Gasteiger partial charge in [-0.15, -0.1) is 0 Å². The zero-order valence-electron chi connectivity index (χ0n) is 26.3. The van der Waals surface area contributed by atoms with Gasteiger partial charge < -0.3 is 14.7 Å². The number of halogens is 3. The number of hydrogen-bond donors (Lipinski definition) is 1. The van der Waals surface area contributed by atoms with Gasteiger partial charge in [0.05, 0.1) is 24.1 Å². The predicted octanol–water partition coefficient (Wildman–Crippen LogP) is 6.22. The number of amides is 1. The Morgan fingerprint density at radius 1 is 0.898 bits per heavy atom. The van der Waals surface area contributed by atoms with Crippen LogP contribution in [0.15, 0.2) is 78.0 Å². The third-order valence-corrected chi connectivity index (χ3v) is 10.8. The lowest BCUT2D eigenvalue weighted by atomic mass is 9.87. The monoisotopic (exact) mass is 694 g/mol. The van der Waals surface area contributed by atoms with Crippen LogP contribution in [0.2, 0.25) is 0 Å². The number of carboxylic acid groups (broad SMARTS) is 1. The quantitative estimate of drug-likeness (QED) is 0.183. The van der Waals surface area contributed by atoms with Crippen LogP contribution in [0, 0.1) is 17.5 Å². The third-order valence-electron chi connectivity index (χ3n) is 8.90. The Morgan fingerprint density at radius 3 is 2.29 bits per heavy atom. The highest BCUT2D eigenvalue weighted by Gasteiger charge is 2.46. The SMILES string of the molecule is O=C(O)c1ccc(N(Cc2cnc(C3CCCCC3)cn2)C(=O)[C@H]2CCN2S(=O)(=O)c2cc(F)c(F)cc2F)cc1OCc1ccccc1. The van der Waals surface area contributed by atoms with E-state index in [1.165, 1.54) is 29.5 Å². The van der Waals surface area contributed by atoms with Crippen molar-refractivity contribution in [2.45, 2.75) is 68.5 Å². The molecule has 0 bridgehead atoms. The lowest BCUT2D eigenvalue weighted by molar-refractivity contribution is -0.125. The van der Waals surface area contributed by atoms with Gasteiger partial charge in [0.2, 0.25) is 15.9 Å². The first-order valence-corrected chi connectivity index (χ1v) is 17.3. The lowest BCUT2D eigenvalue weighted by Gasteiger charge is -2.41. The Kier molecular flexibility index (Phi) is 9.97. The van der Waals surface area contributed by atoms with E-state index in [1.54, 1.807) is 36.7 Å². The average Bonchev–Trinajstić information content (AvgIpc) is 3.08. The fourth-order valence-corrected chi connectivity index (χ4v) is 7.82. The maximum Gasteiger partial charge on any atom is 0.339 e. The molecule has 1 saturated carbocycles. The summed E-state index contributed by atoms with van der Waals surface area (Å²) >= 11 is 0. The summed E-state index contributed by atoms with van der Waals surface area (Å²) in [5.74, 6) is -6.34. The van der Waals surface area contributed by atoms with Crippen LogP contribution >= 0.6 is 0 Å². The first-order valence-electron chi connectivity index (χ1n) is 15.9. The first-order chi connectivity index (χ1) is 23.5. The highest BCUT2D eigenvalue weighted by molar-refractivity contribution is 7.89. The number of hydrogen-bond acceptors (Lipinski definition) is 7. The lowest BCUT2D eigenvalue weighted by Crippen LogP contribution is -2.59. The molecule has 49 heavy (non-hydrogen) atoms. The molecule has 4 aromatic rings. The average molecular weight is 695 g/mol. The van der Waals surface area contributed by atoms with Crippen LogP contribution in [-0.2, 0) is 28.0 Å². The number of aromatic nitrogens is 2. The van der Waals surface area contributed by atoms with Crippen molar-refractivity contribution in [2.24, 2.45) is 0 Å². The van der Waals surface area contributed by atoms with E-state index in [0.717, 1.165) is 41.2 Å². The standard InChI is InChI=1S/C35H33F3N4O6S/c36-27-16-29(38)33(17-28(27)37)49(46,47)42-14-13-31(42)34(43)41(20-24-18-40-30(19-39-24)23-9-5-2-6-10-23)25-11-12-26(35(44)45)32(15-25)48-21-22-7-3-1-4-8-22/h1,3-4,7-8,11-12,15-19,23,31H,2,5-6,9-10,13-14,20-21H2,(H,44,45)/t31-/m1/s1. The molecule has 6 rings (SSSR count). The van der Waals surface area contributed by atoms with E-state index in [9.17, 15) is 36.3 Å². The minimum Gasteiger partial charge on any atom is -0.488 e. The zero-order chi connectivity index (χ0) is 34.7. The van der Waals surface area contributed by atoms with E-state index < -0.39 is 50.3 Å². The molecule has 1 saturated heterocycles. The van der Waals surface area contributed by atoms with E-state index in [1.807, 2.05) is 6.07 Å². The van der Waals surface area contributed by atoms with Crippen LogP contribution in [0.4, 0.5) is 18.9 Å². The van der Waals surface area contributed by atoms with E-state index in [2.05, 4.69) is 9.97 Å². The molecule has 14 heteroatoms. The van der Waals surface area contributed by atoms with Gasteiger partial charge in [0, 0.05) is 36.5 Å². The second-order valence-electron chi connectivity index (χ2n) is 12.1. The number of carboxylic acids is 1. The van der Waals surface area contributed by atoms with Gasteiger partial charge in [-0.1, -0.05) is 49.6 Å². The third kappa shape index (κ3) is 7.30. The van der Waals surface area contributed by atoms with Crippen molar-refractivity contribution in [3.8, 4) is 5.75 Å². The van der Waals surface area contributed by atoms with Gasteiger partial charge in [-0.05, 0) is 43.0 Å². The number of aromatic carboxylic acids is 1. The van der Waals surface area contributed by atoms with Crippen molar-refractivity contribution in [3.63, 3.8) is 0 Å². The summed E-state index contributed by atoms with van der Waals surface area (Å²) in [5.41, 5.74) is 2.01. The van der Waals surface area contributed by atoms with Crippen LogP contribution in [0.3, 0.4) is 0 Å². The van der Waals surface area contributed by atoms with Crippen LogP contribution in [0.5, 0.6) is 5.75 Å². The highest BCUT2D eigenvalue weighted by atomic mass is 32.2. The molecule has 0 spiro atoms. The first kappa shape index (κ1) is 34.1. The maximum atomic E-state index is 14.6. The number of carbonyl (C=O) groups is 2. The molecule has 1 aliphatic heterocycles. The molecular formula is C35H33F3N4O6S. The molecule has 10 nitrogen and oxygen atoms in total. The summed E-state index contributed by atoms with van der Waals surface area (Å²) in [4.78, 5) is 35.6. The smallest absolute Gasteiger partial charge is 0.339 e. The summed E-state index contributed by atoms with van der Waals surface area (Å²) in [6.45, 7) is -0.323. The Morgan fingerprint density at radius 2 is 1.63 bits per heavy atom. The van der Waals surface area contributed by atoms with Crippen molar-refractivity contribution in [2.75, 3.05) is 11.4 Å². The molecule has 1 N–H and O–H groups in total. The summed E-state index contributed by atoms with van der Waals surface area (Å²) in [6, 6.07) is 12.2. The van der Waals surface area contributed by atoms with Gasteiger partial charge >= 0.3 is 5.97 Å². The molecule has 0 unspecified atom stereocenters. The number of carbonyl (C=O) groups excluding carboxylic acids is 1. The van der Waals surface area contributed by atoms with Gasteiger partial charge in [0.1, 0.15) is 34.7 Å². The molecule has 256 valence electrons. The van der Waals surface area contributed by atoms with Crippen molar-refractivity contribution in [1.82, 2.24) is 14.3 Å². The van der Waals surface area contributed by atoms with Crippen LogP contribution in [0.1, 0.15) is 71.8 Å². The molecule has 0 radical (unpaired) electrons. The second-order valence-corrected chi connectivity index (χ2v) is 13.9. The Balaban J connectivity index is 1.34. The van der Waals surface area contributed by atoms with Gasteiger partial charge in [-0.2, -0.15) is 4.31 Å². The largest absolute Gasteiger partial charge is 0.488 e. The van der Waals surface area contributed by atoms with Crippen LogP contribution < -0.4 is 9.64 Å². The second kappa shape index (κ2) is 14.3.